The highest BCUT2D eigenvalue weighted by Crippen LogP contribution is 2.24. The quantitative estimate of drug-likeness (QED) is 0.453. The van der Waals surface area contributed by atoms with Gasteiger partial charge in [-0.1, -0.05) is 0 Å². The first-order valence-electron chi connectivity index (χ1n) is 10.2. The van der Waals surface area contributed by atoms with Crippen LogP contribution in [0.5, 0.6) is 5.75 Å². The first-order valence-corrected chi connectivity index (χ1v) is 11.7. The molecule has 12 heteroatoms. The van der Waals surface area contributed by atoms with E-state index < -0.39 is 35.3 Å². The molecule has 0 saturated carbocycles. The van der Waals surface area contributed by atoms with Gasteiger partial charge in [0.25, 0.3) is 10.2 Å². The van der Waals surface area contributed by atoms with E-state index in [0.29, 0.717) is 16.9 Å². The molecule has 1 aromatic heterocycles. The number of carbonyl (C=O) groups is 2. The summed E-state index contributed by atoms with van der Waals surface area (Å²) in [7, 11) is -3.79. The fourth-order valence-corrected chi connectivity index (χ4v) is 4.62. The van der Waals surface area contributed by atoms with E-state index in [4.69, 9.17) is 9.88 Å². The first kappa shape index (κ1) is 24.8. The van der Waals surface area contributed by atoms with Gasteiger partial charge in [-0.25, -0.2) is 5.14 Å². The van der Waals surface area contributed by atoms with Crippen molar-refractivity contribution in [2.75, 3.05) is 19.7 Å². The Balaban J connectivity index is 1.63. The Morgan fingerprint density at radius 1 is 1.15 bits per heavy atom. The minimum absolute atomic E-state index is 0.0225. The van der Waals surface area contributed by atoms with Gasteiger partial charge in [0, 0.05) is 35.7 Å². The number of piperidine rings is 1. The third kappa shape index (κ3) is 5.95. The molecule has 0 spiro atoms. The number of aryl methyl sites for hydroxylation is 1. The van der Waals surface area contributed by atoms with Crippen molar-refractivity contribution in [3.63, 3.8) is 0 Å². The van der Waals surface area contributed by atoms with Crippen LogP contribution in [0.2, 0.25) is 0 Å². The molecule has 0 radical (unpaired) electrons. The van der Waals surface area contributed by atoms with Crippen molar-refractivity contribution in [3.8, 4) is 11.4 Å². The van der Waals surface area contributed by atoms with Gasteiger partial charge in [-0.05, 0) is 57.0 Å². The maximum atomic E-state index is 12.7. The number of esters is 1. The van der Waals surface area contributed by atoms with Gasteiger partial charge in [-0.2, -0.15) is 21.5 Å². The Kier molecular flexibility index (Phi) is 7.50. The average molecular weight is 486 g/mol. The van der Waals surface area contributed by atoms with Crippen LogP contribution >= 0.6 is 0 Å². The van der Waals surface area contributed by atoms with E-state index in [1.807, 2.05) is 0 Å². The van der Waals surface area contributed by atoms with E-state index in [1.54, 1.807) is 36.6 Å². The molecule has 2 heterocycles. The van der Waals surface area contributed by atoms with Crippen LogP contribution in [-0.4, -0.2) is 55.4 Å². The molecule has 180 valence electrons. The molecule has 0 amide bonds. The average Bonchev–Trinajstić information content (AvgIpc) is 3.05. The van der Waals surface area contributed by atoms with Crippen LogP contribution in [0.3, 0.4) is 0 Å². The van der Waals surface area contributed by atoms with Gasteiger partial charge in [-0.15, -0.1) is 0 Å². The van der Waals surface area contributed by atoms with Gasteiger partial charge in [0.05, 0.1) is 5.92 Å². The number of ketones is 1. The Labute approximate surface area is 190 Å². The molecule has 1 aliphatic rings. The van der Waals surface area contributed by atoms with Crippen LogP contribution in [-0.2, 0) is 19.7 Å². The first-order chi connectivity index (χ1) is 15.5. The van der Waals surface area contributed by atoms with Gasteiger partial charge in [0.2, 0.25) is 5.78 Å². The van der Waals surface area contributed by atoms with E-state index in [-0.39, 0.29) is 37.5 Å². The number of Topliss-reactive ketones (excluding diaryl/α,β-unsaturated/α-hetero) is 1. The van der Waals surface area contributed by atoms with Crippen LogP contribution in [0.1, 0.15) is 34.6 Å². The predicted molar refractivity (Wildman–Crippen MR) is 115 cm³/mol. The zero-order valence-corrected chi connectivity index (χ0v) is 19.0. The molecule has 9 nitrogen and oxygen atoms in total. The summed E-state index contributed by atoms with van der Waals surface area (Å²) >= 11 is 0. The lowest BCUT2D eigenvalue weighted by Crippen LogP contribution is -2.43. The largest absolute Gasteiger partial charge is 0.457 e. The predicted octanol–water partition coefficient (Wildman–Crippen LogP) is 2.34. The molecule has 0 aliphatic carbocycles. The standard InChI is InChI=1S/C21H25F2N3O6S/c1-13-11-18(14(2)26(13)16-3-5-17(6-4-16)32-21(22)23)19(27)12-31-20(28)15-7-9-25(10-8-15)33(24,29)30/h3-6,11,15,21H,7-10,12H2,1-2H3,(H2,24,29,30). The molecule has 0 bridgehead atoms. The lowest BCUT2D eigenvalue weighted by Gasteiger charge is -2.28. The molecule has 2 aromatic rings. The minimum Gasteiger partial charge on any atom is -0.457 e. The van der Waals surface area contributed by atoms with Crippen molar-refractivity contribution < 1.29 is 36.3 Å². The number of hydrogen-bond donors (Lipinski definition) is 1. The molecule has 1 aromatic carbocycles. The maximum absolute atomic E-state index is 12.7. The van der Waals surface area contributed by atoms with Crippen molar-refractivity contribution in [2.24, 2.45) is 11.1 Å². The van der Waals surface area contributed by atoms with Crippen LogP contribution in [0.4, 0.5) is 8.78 Å². The van der Waals surface area contributed by atoms with E-state index >= 15 is 0 Å². The molecule has 33 heavy (non-hydrogen) atoms. The monoisotopic (exact) mass is 485 g/mol. The summed E-state index contributed by atoms with van der Waals surface area (Å²) in [6.45, 7) is 0.399. The molecule has 2 N–H and O–H groups in total. The van der Waals surface area contributed by atoms with Crippen LogP contribution < -0.4 is 9.88 Å². The lowest BCUT2D eigenvalue weighted by molar-refractivity contribution is -0.148. The highest BCUT2D eigenvalue weighted by atomic mass is 32.2. The van der Waals surface area contributed by atoms with Crippen molar-refractivity contribution in [2.45, 2.75) is 33.3 Å². The summed E-state index contributed by atoms with van der Waals surface area (Å²) in [5, 5.41) is 5.09. The highest BCUT2D eigenvalue weighted by molar-refractivity contribution is 7.86. The number of alkyl halides is 2. The number of benzene rings is 1. The molecular weight excluding hydrogens is 460 g/mol. The maximum Gasteiger partial charge on any atom is 0.387 e. The summed E-state index contributed by atoms with van der Waals surface area (Å²) in [5.74, 6) is -1.42. The van der Waals surface area contributed by atoms with Gasteiger partial charge >= 0.3 is 12.6 Å². The number of nitrogens with zero attached hydrogens (tertiary/aromatic N) is 2. The third-order valence-electron chi connectivity index (χ3n) is 5.54. The number of halogens is 2. The van der Waals surface area contributed by atoms with Gasteiger partial charge in [0.15, 0.2) is 6.61 Å². The van der Waals surface area contributed by atoms with E-state index in [9.17, 15) is 26.8 Å². The normalized spacial score (nSPS) is 15.6. The van der Waals surface area contributed by atoms with Crippen molar-refractivity contribution in [3.05, 3.63) is 47.3 Å². The van der Waals surface area contributed by atoms with Crippen molar-refractivity contribution in [1.82, 2.24) is 8.87 Å². The second kappa shape index (κ2) is 9.98. The summed E-state index contributed by atoms with van der Waals surface area (Å²) < 4.78 is 59.8. The van der Waals surface area contributed by atoms with Crippen molar-refractivity contribution >= 4 is 22.0 Å². The Hall–Kier alpha value is -2.83. The van der Waals surface area contributed by atoms with Crippen LogP contribution in [0.25, 0.3) is 5.69 Å². The zero-order chi connectivity index (χ0) is 24.3. The van der Waals surface area contributed by atoms with Gasteiger partial charge in [0.1, 0.15) is 5.75 Å². The second-order valence-electron chi connectivity index (χ2n) is 7.74. The summed E-state index contributed by atoms with van der Waals surface area (Å²) in [6, 6.07) is 7.68. The Morgan fingerprint density at radius 2 is 1.76 bits per heavy atom. The van der Waals surface area contributed by atoms with E-state index in [2.05, 4.69) is 4.74 Å². The lowest BCUT2D eigenvalue weighted by atomic mass is 9.98. The summed E-state index contributed by atoms with van der Waals surface area (Å²) in [4.78, 5) is 25.0. The van der Waals surface area contributed by atoms with E-state index in [0.717, 1.165) is 10.00 Å². The number of nitrogens with two attached hydrogens (primary N) is 1. The number of rotatable bonds is 8. The molecule has 1 saturated heterocycles. The molecule has 3 rings (SSSR count). The molecule has 1 fully saturated rings. The zero-order valence-electron chi connectivity index (χ0n) is 18.2. The van der Waals surface area contributed by atoms with E-state index in [1.165, 1.54) is 12.1 Å². The molecule has 0 unspecified atom stereocenters. The fourth-order valence-electron chi connectivity index (χ4n) is 3.90. The fraction of sp³-hybridized carbons (Fsp3) is 0.429. The second-order valence-corrected chi connectivity index (χ2v) is 9.29. The topological polar surface area (TPSA) is 121 Å². The smallest absolute Gasteiger partial charge is 0.387 e. The van der Waals surface area contributed by atoms with Gasteiger partial charge < -0.3 is 14.0 Å². The number of carbonyl (C=O) groups excluding carboxylic acids is 2. The Bertz CT molecular complexity index is 1120. The molecular formula is C21H25F2N3O6S. The Morgan fingerprint density at radius 3 is 2.30 bits per heavy atom. The SMILES string of the molecule is Cc1cc(C(=O)COC(=O)C2CCN(S(N)(=O)=O)CC2)c(C)n1-c1ccc(OC(F)F)cc1. The number of aromatic nitrogens is 1. The number of ether oxygens (including phenoxy) is 2. The molecule has 0 atom stereocenters. The summed E-state index contributed by atoms with van der Waals surface area (Å²) in [6.07, 6.45) is 0.534. The summed E-state index contributed by atoms with van der Waals surface area (Å²) in [5.41, 5.74) is 2.37. The van der Waals surface area contributed by atoms with Gasteiger partial charge in [-0.3, -0.25) is 9.59 Å². The van der Waals surface area contributed by atoms with Crippen LogP contribution in [0.15, 0.2) is 30.3 Å². The molecule has 1 aliphatic heterocycles. The van der Waals surface area contributed by atoms with Crippen LogP contribution in [0, 0.1) is 19.8 Å². The number of hydrogen-bond acceptors (Lipinski definition) is 6. The third-order valence-corrected chi connectivity index (χ3v) is 6.63. The van der Waals surface area contributed by atoms with Crippen molar-refractivity contribution in [1.29, 1.82) is 0 Å². The minimum atomic E-state index is -3.79. The highest BCUT2D eigenvalue weighted by Gasteiger charge is 2.30.